The summed E-state index contributed by atoms with van der Waals surface area (Å²) < 4.78 is 13.7. The van der Waals surface area contributed by atoms with Gasteiger partial charge < -0.3 is 41.2 Å². The molecule has 4 heterocycles. The molecule has 4 aromatic carbocycles. The van der Waals surface area contributed by atoms with Crippen molar-refractivity contribution in [2.45, 2.75) is 90.9 Å². The SMILES string of the molecule is CC(C)=CC(CCO)C1CC2(N=C(N)N(C)O2)c2cc(-c3cccc(C)c3)ccc2O1.CC(C)=CC(CCO)C1CC2(N=C(N)N(C)O2)c2cc(Br)ccc2O1.Cc1cccc(B(O)O)c1. The lowest BCUT2D eigenvalue weighted by Crippen LogP contribution is -2.42. The number of nitrogens with two attached hydrogens (primary N) is 2. The van der Waals surface area contributed by atoms with Crippen molar-refractivity contribution >= 4 is 40.4 Å². The Morgan fingerprint density at radius 2 is 1.18 bits per heavy atom. The number of hydroxylamine groups is 4. The lowest BCUT2D eigenvalue weighted by Gasteiger charge is -2.39. The van der Waals surface area contributed by atoms with Crippen LogP contribution in [0.4, 0.5) is 0 Å². The predicted octanol–water partition coefficient (Wildman–Crippen LogP) is 6.71. The van der Waals surface area contributed by atoms with E-state index in [1.807, 2.05) is 51.1 Å². The van der Waals surface area contributed by atoms with Crippen LogP contribution >= 0.6 is 15.9 Å². The molecular formula is C50H64BBrN6O8. The number of guanidine groups is 2. The molecule has 8 N–H and O–H groups in total. The van der Waals surface area contributed by atoms with Gasteiger partial charge in [-0.15, -0.1) is 0 Å². The van der Waals surface area contributed by atoms with E-state index in [0.29, 0.717) is 43.1 Å². The van der Waals surface area contributed by atoms with Crippen LogP contribution in [0.2, 0.25) is 0 Å². The Morgan fingerprint density at radius 1 is 0.712 bits per heavy atom. The first-order valence-electron chi connectivity index (χ1n) is 22.2. The van der Waals surface area contributed by atoms with Crippen LogP contribution in [-0.4, -0.2) is 88.9 Å². The number of rotatable bonds is 10. The van der Waals surface area contributed by atoms with E-state index < -0.39 is 18.6 Å². The van der Waals surface area contributed by atoms with Gasteiger partial charge in [-0.1, -0.05) is 105 Å². The first-order chi connectivity index (χ1) is 31.3. The molecule has 0 aromatic heterocycles. The monoisotopic (exact) mass is 966 g/mol. The second kappa shape index (κ2) is 21.6. The van der Waals surface area contributed by atoms with Gasteiger partial charge in [0, 0.05) is 56.5 Å². The highest BCUT2D eigenvalue weighted by Gasteiger charge is 2.51. The summed E-state index contributed by atoms with van der Waals surface area (Å²) in [6.45, 7) is 12.4. The van der Waals surface area contributed by atoms with E-state index >= 15 is 0 Å². The summed E-state index contributed by atoms with van der Waals surface area (Å²) in [6.07, 6.45) is 6.20. The van der Waals surface area contributed by atoms with Crippen LogP contribution in [0.5, 0.6) is 11.5 Å². The van der Waals surface area contributed by atoms with Gasteiger partial charge in [0.05, 0.1) is 11.1 Å². The van der Waals surface area contributed by atoms with Gasteiger partial charge in [-0.25, -0.2) is 29.8 Å². The molecule has 0 saturated heterocycles. The summed E-state index contributed by atoms with van der Waals surface area (Å²) in [5.41, 5.74) is 19.3. The van der Waals surface area contributed by atoms with E-state index in [-0.39, 0.29) is 37.3 Å². The van der Waals surface area contributed by atoms with E-state index in [1.54, 1.807) is 32.3 Å². The van der Waals surface area contributed by atoms with Gasteiger partial charge in [0.2, 0.25) is 23.4 Å². The molecule has 4 aliphatic heterocycles. The molecule has 6 atom stereocenters. The minimum Gasteiger partial charge on any atom is -0.489 e. The Balaban J connectivity index is 0.000000183. The van der Waals surface area contributed by atoms with E-state index in [0.717, 1.165) is 43.8 Å². The zero-order valence-electron chi connectivity index (χ0n) is 39.1. The number of aliphatic imine (C=N–C) groups is 2. The topological polar surface area (TPSA) is 201 Å². The first-order valence-corrected chi connectivity index (χ1v) is 23.0. The molecule has 4 aromatic rings. The fraction of sp³-hybridized carbons (Fsp3) is 0.400. The second-order valence-corrected chi connectivity index (χ2v) is 18.7. The number of hydrogen-bond acceptors (Lipinski definition) is 14. The average Bonchev–Trinajstić information content (AvgIpc) is 3.71. The third-order valence-electron chi connectivity index (χ3n) is 11.8. The van der Waals surface area contributed by atoms with Crippen LogP contribution in [-0.2, 0) is 21.1 Å². The van der Waals surface area contributed by atoms with Crippen LogP contribution in [0, 0.1) is 25.7 Å². The molecule has 6 unspecified atom stereocenters. The molecule has 0 aliphatic carbocycles. The van der Waals surface area contributed by atoms with Crippen LogP contribution in [0.25, 0.3) is 11.1 Å². The van der Waals surface area contributed by atoms with E-state index in [1.165, 1.54) is 26.8 Å². The maximum atomic E-state index is 9.63. The van der Waals surface area contributed by atoms with Crippen LogP contribution in [0.3, 0.4) is 0 Å². The molecule has 0 radical (unpaired) electrons. The van der Waals surface area contributed by atoms with Crippen molar-refractivity contribution in [1.29, 1.82) is 0 Å². The van der Waals surface area contributed by atoms with Crippen molar-refractivity contribution in [3.05, 3.63) is 135 Å². The van der Waals surface area contributed by atoms with Crippen molar-refractivity contribution in [2.24, 2.45) is 33.3 Å². The number of aliphatic hydroxyl groups is 2. The largest absolute Gasteiger partial charge is 0.489 e. The lowest BCUT2D eigenvalue weighted by molar-refractivity contribution is -0.193. The van der Waals surface area contributed by atoms with Crippen molar-refractivity contribution in [3.8, 4) is 22.6 Å². The summed E-state index contributed by atoms with van der Waals surface area (Å²) >= 11 is 3.51. The quantitative estimate of drug-likeness (QED) is 0.0727. The Bertz CT molecular complexity index is 2460. The molecule has 8 rings (SSSR count). The minimum absolute atomic E-state index is 0.0439. The Hall–Kier alpha value is -5.20. The van der Waals surface area contributed by atoms with Crippen LogP contribution in [0.1, 0.15) is 75.6 Å². The molecule has 0 bridgehead atoms. The standard InChI is InChI=1S/C25H31N3O3.C18H24BrN3O3.C7H9BO2/c1-16(2)12-20(10-11-29)23-15-25(27-24(26)28(4)31-25)21-14-19(8-9-22(21)30-23)18-7-5-6-17(3)13-18;1-11(2)8-12(6-7-23)16-10-18(21-17(20)22(3)25-18)14-9-13(19)4-5-15(14)24-16;1-6-3-2-4-7(5-6)8(9)10/h5-9,12-14,20,23,29H,10-11,15H2,1-4H3,(H2,26,27);4-5,8-9,12,16,23H,6-7,10H2,1-3H3,(H2,20,21);2-5,9-10H,1H3. The summed E-state index contributed by atoms with van der Waals surface area (Å²) in [5, 5.41) is 39.5. The Labute approximate surface area is 397 Å². The molecule has 14 nitrogen and oxygen atoms in total. The fourth-order valence-electron chi connectivity index (χ4n) is 8.73. The van der Waals surface area contributed by atoms with Gasteiger partial charge in [-0.3, -0.25) is 0 Å². The van der Waals surface area contributed by atoms with Gasteiger partial charge in [0.15, 0.2) is 0 Å². The molecule has 0 saturated carbocycles. The average molecular weight is 968 g/mol. The van der Waals surface area contributed by atoms with Gasteiger partial charge >= 0.3 is 7.12 Å². The summed E-state index contributed by atoms with van der Waals surface area (Å²) in [5.74, 6) is 2.26. The number of benzene rings is 4. The predicted molar refractivity (Wildman–Crippen MR) is 263 cm³/mol. The first kappa shape index (κ1) is 50.2. The van der Waals surface area contributed by atoms with Crippen molar-refractivity contribution in [2.75, 3.05) is 27.3 Å². The number of hydrogen-bond donors (Lipinski definition) is 6. The number of ether oxygens (including phenoxy) is 2. The van der Waals surface area contributed by atoms with Crippen molar-refractivity contribution in [3.63, 3.8) is 0 Å². The van der Waals surface area contributed by atoms with E-state index in [9.17, 15) is 10.2 Å². The fourth-order valence-corrected chi connectivity index (χ4v) is 9.09. The summed E-state index contributed by atoms with van der Waals surface area (Å²) in [6, 6.07) is 27.5. The molecule has 2 spiro atoms. The number of allylic oxidation sites excluding steroid dienone is 2. The third kappa shape index (κ3) is 11.8. The molecule has 0 fully saturated rings. The van der Waals surface area contributed by atoms with E-state index in [2.05, 4.69) is 90.2 Å². The molecule has 16 heteroatoms. The summed E-state index contributed by atoms with van der Waals surface area (Å²) in [4.78, 5) is 21.7. The normalized spacial score (nSPS) is 22.2. The number of halogens is 1. The lowest BCUT2D eigenvalue weighted by atomic mass is 9.80. The summed E-state index contributed by atoms with van der Waals surface area (Å²) in [7, 11) is 2.17. The van der Waals surface area contributed by atoms with E-state index in [4.69, 9.17) is 45.7 Å². The Morgan fingerprint density at radius 3 is 1.61 bits per heavy atom. The number of aryl methyl sites for hydroxylation is 2. The maximum absolute atomic E-state index is 9.63. The molecule has 0 amide bonds. The van der Waals surface area contributed by atoms with Crippen molar-refractivity contribution < 1.29 is 39.4 Å². The third-order valence-corrected chi connectivity index (χ3v) is 12.2. The Kier molecular flexibility index (Phi) is 16.5. The number of fused-ring (bicyclic) bond motifs is 4. The van der Waals surface area contributed by atoms with Gasteiger partial charge in [-0.05, 0) is 101 Å². The highest BCUT2D eigenvalue weighted by molar-refractivity contribution is 9.10. The highest BCUT2D eigenvalue weighted by atomic mass is 79.9. The van der Waals surface area contributed by atoms with Crippen LogP contribution < -0.4 is 26.4 Å². The molecular weight excluding hydrogens is 903 g/mol. The molecule has 352 valence electrons. The van der Waals surface area contributed by atoms with Crippen molar-refractivity contribution in [1.82, 2.24) is 10.1 Å². The molecule has 66 heavy (non-hydrogen) atoms. The number of nitrogens with zero attached hydrogens (tertiary/aromatic N) is 4. The van der Waals surface area contributed by atoms with Crippen LogP contribution in [0.15, 0.2) is 123 Å². The number of aliphatic hydroxyl groups excluding tert-OH is 2. The van der Waals surface area contributed by atoms with Gasteiger partial charge in [-0.2, -0.15) is 0 Å². The van der Waals surface area contributed by atoms with Gasteiger partial charge in [0.25, 0.3) is 0 Å². The zero-order chi connectivity index (χ0) is 47.9. The smallest absolute Gasteiger partial charge is 0.488 e. The second-order valence-electron chi connectivity index (χ2n) is 17.8. The maximum Gasteiger partial charge on any atom is 0.488 e. The highest BCUT2D eigenvalue weighted by Crippen LogP contribution is 2.50. The van der Waals surface area contributed by atoms with Gasteiger partial charge in [0.1, 0.15) is 23.7 Å². The minimum atomic E-state index is -1.35. The molecule has 4 aliphatic rings. The zero-order valence-corrected chi connectivity index (χ0v) is 40.7.